The Morgan fingerprint density at radius 1 is 1.45 bits per heavy atom. The largest absolute Gasteiger partial charge is 0.480 e. The number of carbonyl (C=O) groups excluding carboxylic acids is 1. The Bertz CT molecular complexity index is 387. The maximum Gasteiger partial charge on any atom is 0.293 e. The maximum atomic E-state index is 12.1. The molecular weight excluding hydrogens is 262 g/mol. The van der Waals surface area contributed by atoms with Crippen LogP contribution in [0.4, 0.5) is 0 Å². The zero-order chi connectivity index (χ0) is 15.1. The van der Waals surface area contributed by atoms with Crippen LogP contribution in [0.3, 0.4) is 0 Å². The lowest BCUT2D eigenvalue weighted by molar-refractivity contribution is -0.118. The summed E-state index contributed by atoms with van der Waals surface area (Å²) in [5.41, 5.74) is -0.137. The van der Waals surface area contributed by atoms with Gasteiger partial charge in [-0.2, -0.15) is 0 Å². The van der Waals surface area contributed by atoms with Gasteiger partial charge in [-0.3, -0.25) is 10.2 Å². The van der Waals surface area contributed by atoms with Crippen LogP contribution in [0.5, 0.6) is 0 Å². The zero-order valence-electron chi connectivity index (χ0n) is 12.2. The van der Waals surface area contributed by atoms with E-state index in [0.717, 1.165) is 0 Å². The second-order valence-corrected chi connectivity index (χ2v) is 4.69. The molecule has 1 saturated heterocycles. The molecule has 0 aromatic carbocycles. The van der Waals surface area contributed by atoms with Crippen LogP contribution in [0.2, 0.25) is 0 Å². The van der Waals surface area contributed by atoms with E-state index in [1.54, 1.807) is 11.8 Å². The van der Waals surface area contributed by atoms with Gasteiger partial charge in [-0.15, -0.1) is 0 Å². The number of morpholine rings is 1. The van der Waals surface area contributed by atoms with Gasteiger partial charge in [-0.05, 0) is 20.8 Å². The van der Waals surface area contributed by atoms with Gasteiger partial charge in [0.25, 0.3) is 11.9 Å². The summed E-state index contributed by atoms with van der Waals surface area (Å²) in [5.74, 6) is -1.07. The van der Waals surface area contributed by atoms with Crippen LogP contribution in [0, 0.1) is 5.41 Å². The molecule has 0 atom stereocenters. The molecule has 1 amide bonds. The Kier molecular flexibility index (Phi) is 6.30. The molecule has 1 aliphatic heterocycles. The second kappa shape index (κ2) is 7.74. The lowest BCUT2D eigenvalue weighted by atomic mass is 10.2. The lowest BCUT2D eigenvalue weighted by Gasteiger charge is -2.29. The molecule has 1 aliphatic rings. The summed E-state index contributed by atoms with van der Waals surface area (Å²) in [6.07, 6.45) is 0. The van der Waals surface area contributed by atoms with Crippen LogP contribution in [0.1, 0.15) is 20.8 Å². The molecule has 1 heterocycles. The van der Waals surface area contributed by atoms with E-state index in [2.05, 4.69) is 5.32 Å². The molecule has 0 aromatic rings. The van der Waals surface area contributed by atoms with E-state index in [-0.39, 0.29) is 24.1 Å². The van der Waals surface area contributed by atoms with Crippen LogP contribution in [-0.4, -0.2) is 60.7 Å². The third kappa shape index (κ3) is 4.41. The van der Waals surface area contributed by atoms with E-state index in [1.165, 1.54) is 0 Å². The molecule has 114 valence electrons. The van der Waals surface area contributed by atoms with Crippen molar-refractivity contribution in [3.8, 4) is 0 Å². The maximum absolute atomic E-state index is 12.1. The van der Waals surface area contributed by atoms with Gasteiger partial charge in [0.15, 0.2) is 5.57 Å². The first-order chi connectivity index (χ1) is 9.47. The van der Waals surface area contributed by atoms with Crippen LogP contribution < -0.4 is 5.32 Å². The van der Waals surface area contributed by atoms with E-state index >= 15 is 0 Å². The number of amidine groups is 1. The van der Waals surface area contributed by atoms with Crippen molar-refractivity contribution in [2.75, 3.05) is 32.9 Å². The summed E-state index contributed by atoms with van der Waals surface area (Å²) in [6, 6.07) is -0.0931. The summed E-state index contributed by atoms with van der Waals surface area (Å²) >= 11 is 0. The predicted octanol–water partition coefficient (Wildman–Crippen LogP) is 0.627. The molecule has 0 aliphatic carbocycles. The molecule has 0 saturated carbocycles. The highest BCUT2D eigenvalue weighted by Crippen LogP contribution is 2.11. The van der Waals surface area contributed by atoms with E-state index in [4.69, 9.17) is 14.9 Å². The quantitative estimate of drug-likeness (QED) is 0.298. The van der Waals surface area contributed by atoms with Crippen molar-refractivity contribution in [3.05, 3.63) is 11.5 Å². The number of hydrogen-bond donors (Lipinski definition) is 3. The monoisotopic (exact) mass is 285 g/mol. The molecule has 0 bridgehead atoms. The fraction of sp³-hybridized carbons (Fsp3) is 0.692. The van der Waals surface area contributed by atoms with Gasteiger partial charge in [0.05, 0.1) is 19.8 Å². The van der Waals surface area contributed by atoms with Crippen molar-refractivity contribution in [1.82, 2.24) is 10.2 Å². The van der Waals surface area contributed by atoms with Gasteiger partial charge in [-0.1, -0.05) is 0 Å². The summed E-state index contributed by atoms with van der Waals surface area (Å²) in [5, 5.41) is 20.7. The van der Waals surface area contributed by atoms with Crippen LogP contribution in [0.25, 0.3) is 0 Å². The average Bonchev–Trinajstić information content (AvgIpc) is 2.39. The van der Waals surface area contributed by atoms with Gasteiger partial charge < -0.3 is 24.8 Å². The van der Waals surface area contributed by atoms with Crippen LogP contribution >= 0.6 is 0 Å². The van der Waals surface area contributed by atoms with E-state index in [9.17, 15) is 9.90 Å². The summed E-state index contributed by atoms with van der Waals surface area (Å²) < 4.78 is 10.2. The molecule has 3 N–H and O–H groups in total. The Morgan fingerprint density at radius 2 is 2.05 bits per heavy atom. The molecule has 0 radical (unpaired) electrons. The van der Waals surface area contributed by atoms with Crippen molar-refractivity contribution in [3.63, 3.8) is 0 Å². The van der Waals surface area contributed by atoms with Gasteiger partial charge in [0.1, 0.15) is 5.84 Å². The van der Waals surface area contributed by atoms with E-state index in [1.807, 2.05) is 13.8 Å². The molecule has 0 aromatic heterocycles. The first-order valence-electron chi connectivity index (χ1n) is 6.75. The lowest BCUT2D eigenvalue weighted by Crippen LogP contribution is -2.45. The third-order valence-corrected chi connectivity index (χ3v) is 2.71. The average molecular weight is 285 g/mol. The highest BCUT2D eigenvalue weighted by molar-refractivity contribution is 6.19. The predicted molar refractivity (Wildman–Crippen MR) is 74.7 cm³/mol. The van der Waals surface area contributed by atoms with Crippen LogP contribution in [0.15, 0.2) is 11.5 Å². The number of amides is 1. The normalized spacial score (nSPS) is 16.7. The Labute approximate surface area is 119 Å². The Morgan fingerprint density at radius 3 is 2.55 bits per heavy atom. The van der Waals surface area contributed by atoms with E-state index < -0.39 is 11.9 Å². The number of ether oxygens (including phenoxy) is 2. The molecule has 0 unspecified atom stereocenters. The van der Waals surface area contributed by atoms with Gasteiger partial charge in [0.2, 0.25) is 0 Å². The van der Waals surface area contributed by atoms with Crippen molar-refractivity contribution >= 4 is 11.7 Å². The number of nitrogens with zero attached hydrogens (tertiary/aromatic N) is 1. The summed E-state index contributed by atoms with van der Waals surface area (Å²) in [7, 11) is 0. The molecule has 0 spiro atoms. The number of rotatable bonds is 5. The number of aliphatic hydroxyl groups excluding tert-OH is 1. The SMILES string of the molecule is CCO/C(O)=C(\C(=N)N1CCOCC1)C(=O)NC(C)C. The fourth-order valence-electron chi connectivity index (χ4n) is 1.79. The summed E-state index contributed by atoms with van der Waals surface area (Å²) in [6.45, 7) is 7.56. The second-order valence-electron chi connectivity index (χ2n) is 4.69. The standard InChI is InChI=1S/C13H23N3O4/c1-4-20-13(18)10(12(17)15-9(2)3)11(14)16-5-7-19-8-6-16/h9,14,18H,4-8H2,1-3H3,(H,15,17)/b13-10+,14-11?. The fourth-order valence-corrected chi connectivity index (χ4v) is 1.79. The molecule has 1 fully saturated rings. The minimum absolute atomic E-state index is 0.0441. The van der Waals surface area contributed by atoms with Gasteiger partial charge in [0, 0.05) is 19.1 Å². The molecule has 20 heavy (non-hydrogen) atoms. The highest BCUT2D eigenvalue weighted by Gasteiger charge is 2.27. The molecule has 1 rings (SSSR count). The number of nitrogens with one attached hydrogen (secondary N) is 2. The Hall–Kier alpha value is -1.76. The van der Waals surface area contributed by atoms with E-state index in [0.29, 0.717) is 26.3 Å². The van der Waals surface area contributed by atoms with Gasteiger partial charge >= 0.3 is 0 Å². The minimum Gasteiger partial charge on any atom is -0.480 e. The number of aliphatic hydroxyl groups is 1. The smallest absolute Gasteiger partial charge is 0.293 e. The topological polar surface area (TPSA) is 94.9 Å². The minimum atomic E-state index is -0.512. The third-order valence-electron chi connectivity index (χ3n) is 2.71. The molecule has 7 heteroatoms. The molecular formula is C13H23N3O4. The van der Waals surface area contributed by atoms with Crippen LogP contribution in [-0.2, 0) is 14.3 Å². The first-order valence-corrected chi connectivity index (χ1v) is 6.75. The first kappa shape index (κ1) is 16.3. The Balaban J connectivity index is 2.94. The number of hydrogen-bond acceptors (Lipinski definition) is 5. The molecule has 7 nitrogen and oxygen atoms in total. The number of carbonyl (C=O) groups is 1. The summed E-state index contributed by atoms with van der Waals surface area (Å²) in [4.78, 5) is 13.8. The van der Waals surface area contributed by atoms with Crippen molar-refractivity contribution in [2.45, 2.75) is 26.8 Å². The zero-order valence-corrected chi connectivity index (χ0v) is 12.2. The highest BCUT2D eigenvalue weighted by atomic mass is 16.6. The van der Waals surface area contributed by atoms with Crippen molar-refractivity contribution in [2.24, 2.45) is 0 Å². The van der Waals surface area contributed by atoms with Gasteiger partial charge in [-0.25, -0.2) is 0 Å². The van der Waals surface area contributed by atoms with Crippen molar-refractivity contribution < 1.29 is 19.4 Å². The van der Waals surface area contributed by atoms with Crippen molar-refractivity contribution in [1.29, 1.82) is 5.41 Å².